The Morgan fingerprint density at radius 2 is 1.60 bits per heavy atom. The zero-order valence-electron chi connectivity index (χ0n) is 28.1. The predicted molar refractivity (Wildman–Crippen MR) is 183 cm³/mol. The first-order chi connectivity index (χ1) is 24.3. The first-order valence-electron chi connectivity index (χ1n) is 16.0. The lowest BCUT2D eigenvalue weighted by atomic mass is 10.1. The van der Waals surface area contributed by atoms with Crippen molar-refractivity contribution in [2.24, 2.45) is 0 Å². The van der Waals surface area contributed by atoms with Crippen LogP contribution in [0.1, 0.15) is 62.4 Å². The molecule has 1 heterocycles. The molecule has 20 heteroatoms. The third-order valence-corrected chi connectivity index (χ3v) is 9.64. The monoisotopic (exact) mass is 768 g/mol. The molecule has 2 aliphatic rings. The standard InChI is InChI=1S/C32H36ClF3N8O7S/c1-30(2,3)51-29(47)37-16-23(25(46)44-52(48,49)22-12-13-22)39-24(45)18-4-10-21(11-5-18)38-26-40-27(42-28(41-26)50-17-32(34,35)36)43-31(14-15-31)19-6-8-20(33)9-7-19/h4-11,22-23H,12-17H2,1-3H3,(H,37,47)(H,39,45)(H,44,46)(H2,38,40,41,42,43)/t23-/m0/s1. The maximum Gasteiger partial charge on any atom is 0.422 e. The highest BCUT2D eigenvalue weighted by Gasteiger charge is 2.45. The number of aromatic nitrogens is 3. The summed E-state index contributed by atoms with van der Waals surface area (Å²) in [4.78, 5) is 50.6. The van der Waals surface area contributed by atoms with E-state index in [2.05, 4.69) is 36.2 Å². The summed E-state index contributed by atoms with van der Waals surface area (Å²) in [6.07, 6.45) is -3.36. The number of nitrogens with zero attached hydrogens (tertiary/aromatic N) is 3. The Morgan fingerprint density at radius 1 is 0.962 bits per heavy atom. The minimum atomic E-state index is -4.65. The van der Waals surface area contributed by atoms with E-state index in [0.29, 0.717) is 36.4 Å². The Bertz CT molecular complexity index is 1900. The molecule has 0 aliphatic heterocycles. The van der Waals surface area contributed by atoms with Crippen molar-refractivity contribution in [3.8, 4) is 6.01 Å². The van der Waals surface area contributed by atoms with Gasteiger partial charge in [0.2, 0.25) is 21.9 Å². The Morgan fingerprint density at radius 3 is 2.17 bits per heavy atom. The van der Waals surface area contributed by atoms with Gasteiger partial charge in [-0.1, -0.05) is 23.7 Å². The molecule has 1 atom stereocenters. The number of hydrogen-bond donors (Lipinski definition) is 5. The van der Waals surface area contributed by atoms with E-state index in [4.69, 9.17) is 21.1 Å². The summed E-state index contributed by atoms with van der Waals surface area (Å²) in [5.41, 5.74) is -0.200. The van der Waals surface area contributed by atoms with E-state index in [9.17, 15) is 36.0 Å². The fraction of sp³-hybridized carbons (Fsp3) is 0.438. The minimum Gasteiger partial charge on any atom is -0.454 e. The van der Waals surface area contributed by atoms with Gasteiger partial charge in [-0.25, -0.2) is 13.2 Å². The van der Waals surface area contributed by atoms with Gasteiger partial charge in [0.25, 0.3) is 11.8 Å². The number of carbonyl (C=O) groups is 3. The molecular formula is C32H36ClF3N8O7S. The van der Waals surface area contributed by atoms with Crippen LogP contribution in [0.5, 0.6) is 6.01 Å². The van der Waals surface area contributed by atoms with Gasteiger partial charge in [0.15, 0.2) is 6.61 Å². The number of carbonyl (C=O) groups excluding carboxylic acids is 3. The maximum atomic E-state index is 13.2. The van der Waals surface area contributed by atoms with Gasteiger partial charge >= 0.3 is 18.3 Å². The number of ether oxygens (including phenoxy) is 2. The molecule has 2 fully saturated rings. The molecule has 0 unspecified atom stereocenters. The molecule has 15 nitrogen and oxygen atoms in total. The molecule has 2 aromatic carbocycles. The number of alkyl halides is 3. The van der Waals surface area contributed by atoms with E-state index >= 15 is 0 Å². The molecule has 0 spiro atoms. The van der Waals surface area contributed by atoms with E-state index in [0.717, 1.165) is 5.56 Å². The molecule has 2 saturated carbocycles. The van der Waals surface area contributed by atoms with Crippen LogP contribution in [0, 0.1) is 0 Å². The highest BCUT2D eigenvalue weighted by atomic mass is 35.5. The second-order valence-corrected chi connectivity index (χ2v) is 15.6. The zero-order valence-corrected chi connectivity index (χ0v) is 29.7. The molecule has 52 heavy (non-hydrogen) atoms. The molecule has 3 amide bonds. The lowest BCUT2D eigenvalue weighted by molar-refractivity contribution is -0.154. The highest BCUT2D eigenvalue weighted by molar-refractivity contribution is 7.90. The number of alkyl carbamates (subject to hydrolysis) is 1. The Labute approximate surface area is 301 Å². The largest absolute Gasteiger partial charge is 0.454 e. The van der Waals surface area contributed by atoms with Crippen LogP contribution in [-0.2, 0) is 25.1 Å². The van der Waals surface area contributed by atoms with E-state index in [1.165, 1.54) is 24.3 Å². The summed E-state index contributed by atoms with van der Waals surface area (Å²) >= 11 is 6.02. The van der Waals surface area contributed by atoms with Gasteiger partial charge in [0.05, 0.1) is 17.3 Å². The average Bonchev–Trinajstić information content (AvgIpc) is 3.97. The lowest BCUT2D eigenvalue weighted by Crippen LogP contribution is -2.54. The van der Waals surface area contributed by atoms with Gasteiger partial charge in [-0.15, -0.1) is 0 Å². The fourth-order valence-electron chi connectivity index (χ4n) is 4.73. The number of halogens is 4. The van der Waals surface area contributed by atoms with Crippen molar-refractivity contribution in [2.75, 3.05) is 23.8 Å². The molecule has 5 N–H and O–H groups in total. The van der Waals surface area contributed by atoms with Crippen molar-refractivity contribution in [3.63, 3.8) is 0 Å². The number of anilines is 3. The maximum absolute atomic E-state index is 13.2. The van der Waals surface area contributed by atoms with Crippen molar-refractivity contribution in [1.82, 2.24) is 30.3 Å². The Balaban J connectivity index is 1.29. The molecule has 2 aliphatic carbocycles. The first-order valence-corrected chi connectivity index (χ1v) is 17.9. The van der Waals surface area contributed by atoms with Gasteiger partial charge in [-0.05, 0) is 88.4 Å². The third-order valence-electron chi connectivity index (χ3n) is 7.56. The number of sulfonamides is 1. The van der Waals surface area contributed by atoms with Crippen LogP contribution < -0.4 is 30.7 Å². The molecule has 280 valence electrons. The molecule has 0 radical (unpaired) electrons. The van der Waals surface area contributed by atoms with Crippen molar-refractivity contribution < 1.29 is 45.4 Å². The molecule has 5 rings (SSSR count). The third kappa shape index (κ3) is 11.0. The van der Waals surface area contributed by atoms with Gasteiger partial charge in [-0.2, -0.15) is 28.1 Å². The average molecular weight is 769 g/mol. The van der Waals surface area contributed by atoms with Crippen molar-refractivity contribution in [2.45, 2.75) is 75.1 Å². The van der Waals surface area contributed by atoms with Crippen molar-refractivity contribution in [1.29, 1.82) is 0 Å². The number of hydrogen-bond acceptors (Lipinski definition) is 12. The normalized spacial score (nSPS) is 15.8. The second kappa shape index (κ2) is 15.0. The van der Waals surface area contributed by atoms with Gasteiger partial charge in [-0.3, -0.25) is 14.3 Å². The minimum absolute atomic E-state index is 0.0384. The summed E-state index contributed by atoms with van der Waals surface area (Å²) in [5.74, 6) is -2.05. The number of rotatable bonds is 14. The number of benzene rings is 2. The molecule has 3 aromatic rings. The van der Waals surface area contributed by atoms with E-state index in [1.807, 2.05) is 16.9 Å². The zero-order chi connectivity index (χ0) is 37.9. The van der Waals surface area contributed by atoms with Crippen LogP contribution >= 0.6 is 11.6 Å². The van der Waals surface area contributed by atoms with E-state index in [-0.39, 0.29) is 17.5 Å². The Kier molecular flexibility index (Phi) is 11.0. The van der Waals surface area contributed by atoms with Gasteiger partial charge in [0.1, 0.15) is 11.6 Å². The predicted octanol–water partition coefficient (Wildman–Crippen LogP) is 4.54. The summed E-state index contributed by atoms with van der Waals surface area (Å²) in [6.45, 7) is 2.76. The molecular weight excluding hydrogens is 733 g/mol. The summed E-state index contributed by atoms with van der Waals surface area (Å²) < 4.78 is 75.6. The Hall–Kier alpha value is -4.91. The van der Waals surface area contributed by atoms with Crippen molar-refractivity contribution >= 4 is 57.1 Å². The van der Waals surface area contributed by atoms with Crippen LogP contribution in [0.4, 0.5) is 35.5 Å². The fourth-order valence-corrected chi connectivity index (χ4v) is 6.20. The molecule has 1 aromatic heterocycles. The lowest BCUT2D eigenvalue weighted by Gasteiger charge is -2.22. The van der Waals surface area contributed by atoms with E-state index in [1.54, 1.807) is 32.9 Å². The highest BCUT2D eigenvalue weighted by Crippen LogP contribution is 2.48. The second-order valence-electron chi connectivity index (χ2n) is 13.2. The smallest absolute Gasteiger partial charge is 0.422 e. The topological polar surface area (TPSA) is 203 Å². The van der Waals surface area contributed by atoms with Crippen LogP contribution in [0.15, 0.2) is 48.5 Å². The first kappa shape index (κ1) is 38.3. The summed E-state index contributed by atoms with van der Waals surface area (Å²) in [5, 5.41) is 10.6. The SMILES string of the molecule is CC(C)(C)OC(=O)NC[C@H](NC(=O)c1ccc(Nc2nc(NC3(c4ccc(Cl)cc4)CC3)nc(OCC(F)(F)F)n2)cc1)C(=O)NS(=O)(=O)C1CC1. The van der Waals surface area contributed by atoms with Crippen LogP contribution in [0.3, 0.4) is 0 Å². The summed E-state index contributed by atoms with van der Waals surface area (Å²) in [6, 6.07) is 10.6. The summed E-state index contributed by atoms with van der Waals surface area (Å²) in [7, 11) is -3.97. The molecule has 0 saturated heterocycles. The van der Waals surface area contributed by atoms with Crippen molar-refractivity contribution in [3.05, 3.63) is 64.7 Å². The van der Waals surface area contributed by atoms with Gasteiger partial charge in [0, 0.05) is 16.3 Å². The van der Waals surface area contributed by atoms with Crippen LogP contribution in [0.25, 0.3) is 0 Å². The number of amides is 3. The quantitative estimate of drug-likeness (QED) is 0.154. The van der Waals surface area contributed by atoms with Crippen LogP contribution in [0.2, 0.25) is 5.02 Å². The number of nitrogens with one attached hydrogen (secondary N) is 5. The molecule has 0 bridgehead atoms. The van der Waals surface area contributed by atoms with E-state index < -0.39 is 75.7 Å². The van der Waals surface area contributed by atoms with Gasteiger partial charge < -0.3 is 30.7 Å². The van der Waals surface area contributed by atoms with Crippen LogP contribution in [-0.4, -0.2) is 77.5 Å².